The number of ether oxygens (including phenoxy) is 1. The minimum Gasteiger partial charge on any atom is -0.381 e. The highest BCUT2D eigenvalue weighted by atomic mass is 16.5. The maximum Gasteiger partial charge on any atom is 0.231 e. The Balaban J connectivity index is 1.64. The van der Waals surface area contributed by atoms with E-state index in [4.69, 9.17) is 10.5 Å². The summed E-state index contributed by atoms with van der Waals surface area (Å²) in [4.78, 5) is 13.0. The number of piperidine rings is 1. The van der Waals surface area contributed by atoms with Crippen LogP contribution in [0.3, 0.4) is 0 Å². The van der Waals surface area contributed by atoms with Crippen LogP contribution in [-0.4, -0.2) is 55.7 Å². The maximum absolute atomic E-state index is 10.9. The van der Waals surface area contributed by atoms with Crippen LogP contribution in [0.1, 0.15) is 38.5 Å². The van der Waals surface area contributed by atoms with Crippen molar-refractivity contribution in [1.82, 2.24) is 10.2 Å². The number of nitrogens with zero attached hydrogens (tertiary/aromatic N) is 1. The van der Waals surface area contributed by atoms with Gasteiger partial charge in [0, 0.05) is 32.3 Å². The molecule has 0 bridgehead atoms. The fourth-order valence-corrected chi connectivity index (χ4v) is 3.28. The van der Waals surface area contributed by atoms with Gasteiger partial charge in [-0.05, 0) is 38.5 Å². The van der Waals surface area contributed by atoms with Crippen LogP contribution < -0.4 is 11.1 Å². The second kappa shape index (κ2) is 7.22. The van der Waals surface area contributed by atoms with Crippen molar-refractivity contribution in [1.29, 1.82) is 0 Å². The molecule has 0 radical (unpaired) electrons. The zero-order valence-corrected chi connectivity index (χ0v) is 11.9. The number of rotatable bonds is 5. The van der Waals surface area contributed by atoms with Crippen molar-refractivity contribution in [3.8, 4) is 0 Å². The first-order valence-electron chi connectivity index (χ1n) is 7.47. The Hall–Kier alpha value is -0.650. The van der Waals surface area contributed by atoms with Gasteiger partial charge in [0.25, 0.3) is 0 Å². The fraction of sp³-hybridized carbons (Fsp3) is 0.929. The van der Waals surface area contributed by atoms with E-state index in [-0.39, 0.29) is 5.91 Å². The molecule has 0 aromatic rings. The molecule has 0 spiro atoms. The Morgan fingerprint density at radius 2 is 1.74 bits per heavy atom. The topological polar surface area (TPSA) is 67.6 Å². The molecule has 0 aromatic heterocycles. The summed E-state index contributed by atoms with van der Waals surface area (Å²) in [5.41, 5.74) is 5.23. The lowest BCUT2D eigenvalue weighted by Gasteiger charge is -2.36. The molecule has 2 fully saturated rings. The van der Waals surface area contributed by atoms with Crippen LogP contribution in [0.15, 0.2) is 0 Å². The van der Waals surface area contributed by atoms with Crippen molar-refractivity contribution in [2.75, 3.05) is 26.7 Å². The van der Waals surface area contributed by atoms with Crippen LogP contribution >= 0.6 is 0 Å². The van der Waals surface area contributed by atoms with Crippen molar-refractivity contribution >= 4 is 5.91 Å². The summed E-state index contributed by atoms with van der Waals surface area (Å²) >= 11 is 0. The first-order chi connectivity index (χ1) is 9.17. The first-order valence-corrected chi connectivity index (χ1v) is 7.47. The number of amides is 1. The Morgan fingerprint density at radius 3 is 2.26 bits per heavy atom. The molecule has 1 aliphatic heterocycles. The standard InChI is InChI=1S/C14H27N3O2/c1-19-13-4-2-11(3-5-13)16-12-6-8-17(9-7-12)10-14(15)18/h11-13,16H,2-10H2,1H3,(H2,15,18). The molecule has 1 amide bonds. The molecular formula is C14H27N3O2. The van der Waals surface area contributed by atoms with E-state index in [0.29, 0.717) is 24.7 Å². The third-order valence-electron chi connectivity index (χ3n) is 4.45. The van der Waals surface area contributed by atoms with Gasteiger partial charge in [0.1, 0.15) is 0 Å². The predicted molar refractivity (Wildman–Crippen MR) is 74.8 cm³/mol. The second-order valence-corrected chi connectivity index (χ2v) is 5.89. The van der Waals surface area contributed by atoms with Crippen LogP contribution in [0, 0.1) is 0 Å². The largest absolute Gasteiger partial charge is 0.381 e. The molecule has 2 aliphatic rings. The van der Waals surface area contributed by atoms with Gasteiger partial charge in [-0.3, -0.25) is 9.69 Å². The zero-order valence-electron chi connectivity index (χ0n) is 11.9. The molecular weight excluding hydrogens is 242 g/mol. The summed E-state index contributed by atoms with van der Waals surface area (Å²) in [6, 6.07) is 1.26. The highest BCUT2D eigenvalue weighted by molar-refractivity contribution is 5.75. The van der Waals surface area contributed by atoms with Crippen molar-refractivity contribution < 1.29 is 9.53 Å². The zero-order chi connectivity index (χ0) is 13.7. The van der Waals surface area contributed by atoms with Crippen molar-refractivity contribution in [2.45, 2.75) is 56.7 Å². The van der Waals surface area contributed by atoms with Crippen LogP contribution in [0.5, 0.6) is 0 Å². The lowest BCUT2D eigenvalue weighted by molar-refractivity contribution is -0.119. The molecule has 19 heavy (non-hydrogen) atoms. The monoisotopic (exact) mass is 269 g/mol. The quantitative estimate of drug-likeness (QED) is 0.762. The van der Waals surface area contributed by atoms with E-state index in [2.05, 4.69) is 10.2 Å². The summed E-state index contributed by atoms with van der Waals surface area (Å²) in [7, 11) is 1.81. The van der Waals surface area contributed by atoms with Crippen molar-refractivity contribution in [3.05, 3.63) is 0 Å². The third kappa shape index (κ3) is 4.75. The van der Waals surface area contributed by atoms with Gasteiger partial charge < -0.3 is 15.8 Å². The Morgan fingerprint density at radius 1 is 1.16 bits per heavy atom. The summed E-state index contributed by atoms with van der Waals surface area (Å²) in [6.45, 7) is 2.37. The van der Waals surface area contributed by atoms with E-state index in [1.165, 1.54) is 25.7 Å². The fourth-order valence-electron chi connectivity index (χ4n) is 3.28. The van der Waals surface area contributed by atoms with Crippen molar-refractivity contribution in [2.24, 2.45) is 5.73 Å². The Kier molecular flexibility index (Phi) is 5.60. The molecule has 1 aliphatic carbocycles. The van der Waals surface area contributed by atoms with E-state index in [0.717, 1.165) is 25.9 Å². The van der Waals surface area contributed by atoms with Crippen LogP contribution in [-0.2, 0) is 9.53 Å². The molecule has 1 saturated heterocycles. The first kappa shape index (κ1) is 14.8. The lowest BCUT2D eigenvalue weighted by Crippen LogP contribution is -2.48. The molecule has 0 unspecified atom stereocenters. The average Bonchev–Trinajstić information content (AvgIpc) is 2.41. The van der Waals surface area contributed by atoms with Gasteiger partial charge in [0.05, 0.1) is 12.6 Å². The number of likely N-dealkylation sites (tertiary alicyclic amines) is 1. The van der Waals surface area contributed by atoms with Gasteiger partial charge in [-0.25, -0.2) is 0 Å². The third-order valence-corrected chi connectivity index (χ3v) is 4.45. The highest BCUT2D eigenvalue weighted by Crippen LogP contribution is 2.22. The maximum atomic E-state index is 10.9. The van der Waals surface area contributed by atoms with Gasteiger partial charge in [-0.15, -0.1) is 0 Å². The molecule has 5 nitrogen and oxygen atoms in total. The van der Waals surface area contributed by atoms with E-state index in [1.54, 1.807) is 0 Å². The van der Waals surface area contributed by atoms with Gasteiger partial charge in [0.2, 0.25) is 5.91 Å². The molecule has 2 rings (SSSR count). The molecule has 0 atom stereocenters. The molecule has 110 valence electrons. The molecule has 5 heteroatoms. The number of hydrogen-bond donors (Lipinski definition) is 2. The van der Waals surface area contributed by atoms with E-state index >= 15 is 0 Å². The predicted octanol–water partition coefficient (Wildman–Crippen LogP) is 0.483. The SMILES string of the molecule is COC1CCC(NC2CCN(CC(N)=O)CC2)CC1. The summed E-state index contributed by atoms with van der Waals surface area (Å²) in [5.74, 6) is -0.218. The van der Waals surface area contributed by atoms with E-state index in [1.807, 2.05) is 7.11 Å². The van der Waals surface area contributed by atoms with Crippen LogP contribution in [0.4, 0.5) is 0 Å². The number of primary amides is 1. The summed E-state index contributed by atoms with van der Waals surface area (Å²) in [5, 5.41) is 3.78. The summed E-state index contributed by atoms with van der Waals surface area (Å²) < 4.78 is 5.40. The average molecular weight is 269 g/mol. The van der Waals surface area contributed by atoms with E-state index < -0.39 is 0 Å². The number of nitrogens with one attached hydrogen (secondary N) is 1. The smallest absolute Gasteiger partial charge is 0.231 e. The molecule has 3 N–H and O–H groups in total. The lowest BCUT2D eigenvalue weighted by atomic mass is 9.91. The summed E-state index contributed by atoms with van der Waals surface area (Å²) in [6.07, 6.45) is 7.51. The highest BCUT2D eigenvalue weighted by Gasteiger charge is 2.25. The van der Waals surface area contributed by atoms with Crippen molar-refractivity contribution in [3.63, 3.8) is 0 Å². The number of hydrogen-bond acceptors (Lipinski definition) is 4. The van der Waals surface area contributed by atoms with Crippen LogP contribution in [0.25, 0.3) is 0 Å². The normalized spacial score (nSPS) is 30.4. The molecule has 1 heterocycles. The van der Waals surface area contributed by atoms with Gasteiger partial charge >= 0.3 is 0 Å². The van der Waals surface area contributed by atoms with Gasteiger partial charge in [-0.2, -0.15) is 0 Å². The Labute approximate surface area is 115 Å². The second-order valence-electron chi connectivity index (χ2n) is 5.89. The minimum atomic E-state index is -0.218. The van der Waals surface area contributed by atoms with Gasteiger partial charge in [0.15, 0.2) is 0 Å². The number of methoxy groups -OCH3 is 1. The number of carbonyl (C=O) groups excluding carboxylic acids is 1. The Bertz CT molecular complexity index is 282. The number of carbonyl (C=O) groups is 1. The molecule has 0 aromatic carbocycles. The van der Waals surface area contributed by atoms with Crippen LogP contribution in [0.2, 0.25) is 0 Å². The van der Waals surface area contributed by atoms with Gasteiger partial charge in [-0.1, -0.05) is 0 Å². The molecule has 1 saturated carbocycles. The van der Waals surface area contributed by atoms with E-state index in [9.17, 15) is 4.79 Å². The minimum absolute atomic E-state index is 0.218. The number of nitrogens with two attached hydrogens (primary N) is 1.